The molecule has 0 spiro atoms. The maximum atomic E-state index is 12.5. The molecule has 0 bridgehead atoms. The second-order valence-electron chi connectivity index (χ2n) is 9.29. The predicted molar refractivity (Wildman–Crippen MR) is 148 cm³/mol. The maximum Gasteiger partial charge on any atom is 0.252 e. The van der Waals surface area contributed by atoms with E-state index in [-0.39, 0.29) is 30.1 Å². The number of nitrogens with one attached hydrogen (secondary N) is 2. The van der Waals surface area contributed by atoms with Gasteiger partial charge in [0.05, 0.1) is 23.8 Å². The minimum absolute atomic E-state index is 0.178. The summed E-state index contributed by atoms with van der Waals surface area (Å²) in [4.78, 5) is 28.1. The van der Waals surface area contributed by atoms with Crippen molar-refractivity contribution >= 4 is 22.7 Å². The van der Waals surface area contributed by atoms with Gasteiger partial charge in [0.2, 0.25) is 0 Å². The van der Waals surface area contributed by atoms with Crippen LogP contribution in [0.25, 0.3) is 10.9 Å². The van der Waals surface area contributed by atoms with Crippen LogP contribution in [0.1, 0.15) is 62.7 Å². The highest BCUT2D eigenvalue weighted by atomic mass is 16.5. The van der Waals surface area contributed by atoms with Gasteiger partial charge in [-0.15, -0.1) is 0 Å². The van der Waals surface area contributed by atoms with Crippen LogP contribution in [-0.4, -0.2) is 41.7 Å². The molecule has 1 atom stereocenters. The highest BCUT2D eigenvalue weighted by molar-refractivity contribution is 5.97. The normalized spacial score (nSPS) is 11.6. The zero-order valence-electron chi connectivity index (χ0n) is 21.7. The fourth-order valence-electron chi connectivity index (χ4n) is 4.48. The number of aromatic nitrogens is 1. The van der Waals surface area contributed by atoms with Crippen LogP contribution in [0, 0.1) is 11.8 Å². The quantitative estimate of drug-likeness (QED) is 0.267. The summed E-state index contributed by atoms with van der Waals surface area (Å²) in [5, 5.41) is 14.2. The molecule has 4 aromatic rings. The van der Waals surface area contributed by atoms with Crippen LogP contribution in [0.4, 0.5) is 0 Å². The van der Waals surface area contributed by atoms with Gasteiger partial charge < -0.3 is 25.9 Å². The molecule has 1 aromatic heterocycles. The summed E-state index contributed by atoms with van der Waals surface area (Å²) in [5.74, 6) is 5.20. The second kappa shape index (κ2) is 11.7. The van der Waals surface area contributed by atoms with E-state index in [0.717, 1.165) is 16.5 Å². The first-order valence-corrected chi connectivity index (χ1v) is 12.5. The van der Waals surface area contributed by atoms with E-state index in [2.05, 4.69) is 22.1 Å². The van der Waals surface area contributed by atoms with Crippen molar-refractivity contribution in [1.29, 1.82) is 0 Å². The summed E-state index contributed by atoms with van der Waals surface area (Å²) in [5.41, 5.74) is 10.2. The van der Waals surface area contributed by atoms with Gasteiger partial charge in [-0.05, 0) is 56.2 Å². The molecule has 0 aliphatic carbocycles. The molecule has 7 nitrogen and oxygen atoms in total. The molecule has 0 aliphatic heterocycles. The Morgan fingerprint density at radius 1 is 1.05 bits per heavy atom. The Bertz CT molecular complexity index is 1540. The molecular weight excluding hydrogens is 478 g/mol. The molecule has 0 aliphatic rings. The number of fused-ring (bicyclic) bond motifs is 1. The number of carbonyl (C=O) groups excluding carboxylic acids is 2. The zero-order valence-corrected chi connectivity index (χ0v) is 21.7. The van der Waals surface area contributed by atoms with Gasteiger partial charge in [0.15, 0.2) is 0 Å². The minimum Gasteiger partial charge on any atom is -0.490 e. The number of aromatic amines is 1. The van der Waals surface area contributed by atoms with Crippen molar-refractivity contribution in [3.63, 3.8) is 0 Å². The van der Waals surface area contributed by atoms with Crippen LogP contribution in [0.2, 0.25) is 0 Å². The first kappa shape index (κ1) is 26.5. The third-order valence-electron chi connectivity index (χ3n) is 6.28. The summed E-state index contributed by atoms with van der Waals surface area (Å²) < 4.78 is 6.09. The van der Waals surface area contributed by atoms with E-state index >= 15 is 0 Å². The number of hydrogen-bond donors (Lipinski definition) is 4. The van der Waals surface area contributed by atoms with E-state index in [1.54, 1.807) is 37.4 Å². The Morgan fingerprint density at radius 2 is 1.79 bits per heavy atom. The van der Waals surface area contributed by atoms with Gasteiger partial charge >= 0.3 is 0 Å². The lowest BCUT2D eigenvalue weighted by molar-refractivity contribution is 0.0960. The fourth-order valence-corrected chi connectivity index (χ4v) is 4.48. The number of para-hydroxylation sites is 1. The number of H-pyrrole nitrogens is 1. The van der Waals surface area contributed by atoms with Crippen molar-refractivity contribution in [3.05, 3.63) is 100 Å². The van der Waals surface area contributed by atoms with Crippen molar-refractivity contribution in [2.24, 2.45) is 5.73 Å². The molecule has 194 valence electrons. The standard InChI is InChI=1S/C31H31N3O4/c1-19(2)38-29-26(23(18-35)16-22-17-34-28-11-7-6-9-24(22)28)14-20(15-27(29)30(32)36)12-13-21-8-4-5-10-25(21)31(37)33-3/h4-11,14-15,17,19,23,34-35H,16,18H2,1-3H3,(H2,32,36)(H,33,37)/t23-/m0/s1. The number of rotatable bonds is 8. The van der Waals surface area contributed by atoms with Crippen LogP contribution in [0.15, 0.2) is 66.9 Å². The predicted octanol–water partition coefficient (Wildman–Crippen LogP) is 4.13. The number of amides is 2. The number of carbonyl (C=O) groups is 2. The zero-order chi connectivity index (χ0) is 27.2. The fraction of sp³-hybridized carbons (Fsp3) is 0.226. The molecule has 5 N–H and O–H groups in total. The highest BCUT2D eigenvalue weighted by Gasteiger charge is 2.24. The number of nitrogens with two attached hydrogens (primary N) is 1. The number of ether oxygens (including phenoxy) is 1. The topological polar surface area (TPSA) is 117 Å². The molecule has 0 saturated carbocycles. The summed E-state index contributed by atoms with van der Waals surface area (Å²) >= 11 is 0. The Hall–Kier alpha value is -4.54. The number of aliphatic hydroxyl groups excluding tert-OH is 1. The summed E-state index contributed by atoms with van der Waals surface area (Å²) in [6.45, 7) is 3.56. The first-order valence-electron chi connectivity index (χ1n) is 12.5. The summed E-state index contributed by atoms with van der Waals surface area (Å²) in [7, 11) is 1.56. The second-order valence-corrected chi connectivity index (χ2v) is 9.29. The molecular formula is C31H31N3O4. The lowest BCUT2D eigenvalue weighted by atomic mass is 9.88. The van der Waals surface area contributed by atoms with Crippen molar-refractivity contribution in [1.82, 2.24) is 10.3 Å². The molecule has 38 heavy (non-hydrogen) atoms. The van der Waals surface area contributed by atoms with E-state index in [4.69, 9.17) is 10.5 Å². The van der Waals surface area contributed by atoms with Gasteiger partial charge in [0.25, 0.3) is 11.8 Å². The maximum absolute atomic E-state index is 12.5. The summed E-state index contributed by atoms with van der Waals surface area (Å²) in [6.07, 6.45) is 2.21. The van der Waals surface area contributed by atoms with Crippen molar-refractivity contribution in [2.75, 3.05) is 13.7 Å². The van der Waals surface area contributed by atoms with Crippen LogP contribution in [0.3, 0.4) is 0 Å². The van der Waals surface area contributed by atoms with Crippen molar-refractivity contribution in [3.8, 4) is 17.6 Å². The number of benzene rings is 3. The molecule has 0 fully saturated rings. The Labute approximate surface area is 222 Å². The molecule has 7 heteroatoms. The lowest BCUT2D eigenvalue weighted by Gasteiger charge is -2.23. The molecule has 0 saturated heterocycles. The number of aliphatic hydroxyl groups is 1. The van der Waals surface area contributed by atoms with Gasteiger partial charge in [-0.2, -0.15) is 0 Å². The third kappa shape index (κ3) is 5.72. The van der Waals surface area contributed by atoms with Crippen molar-refractivity contribution in [2.45, 2.75) is 32.3 Å². The number of primary amides is 1. The molecule has 0 unspecified atom stereocenters. The van der Waals surface area contributed by atoms with Crippen LogP contribution in [-0.2, 0) is 6.42 Å². The first-order chi connectivity index (χ1) is 18.3. The average Bonchev–Trinajstić information content (AvgIpc) is 3.33. The molecule has 2 amide bonds. The van der Waals surface area contributed by atoms with Crippen LogP contribution < -0.4 is 15.8 Å². The van der Waals surface area contributed by atoms with Crippen LogP contribution >= 0.6 is 0 Å². The monoisotopic (exact) mass is 509 g/mol. The largest absolute Gasteiger partial charge is 0.490 e. The van der Waals surface area contributed by atoms with Gasteiger partial charge in [-0.1, -0.05) is 42.2 Å². The van der Waals surface area contributed by atoms with Gasteiger partial charge in [0.1, 0.15) is 5.75 Å². The van der Waals surface area contributed by atoms with Crippen molar-refractivity contribution < 1.29 is 19.4 Å². The molecule has 1 heterocycles. The summed E-state index contributed by atoms with van der Waals surface area (Å²) in [6, 6.07) is 18.4. The highest BCUT2D eigenvalue weighted by Crippen LogP contribution is 2.35. The van der Waals surface area contributed by atoms with E-state index in [1.807, 2.05) is 50.4 Å². The van der Waals surface area contributed by atoms with Crippen LogP contribution in [0.5, 0.6) is 5.75 Å². The van der Waals surface area contributed by atoms with E-state index in [9.17, 15) is 14.7 Å². The molecule has 0 radical (unpaired) electrons. The average molecular weight is 510 g/mol. The smallest absolute Gasteiger partial charge is 0.252 e. The Kier molecular flexibility index (Phi) is 8.15. The third-order valence-corrected chi connectivity index (χ3v) is 6.28. The van der Waals surface area contributed by atoms with E-state index in [0.29, 0.717) is 34.4 Å². The SMILES string of the molecule is CNC(=O)c1ccccc1C#Cc1cc(C(N)=O)c(OC(C)C)c([C@H](CO)Cc2c[nH]c3ccccc23)c1. The Morgan fingerprint density at radius 3 is 2.50 bits per heavy atom. The number of hydrogen-bond acceptors (Lipinski definition) is 4. The minimum atomic E-state index is -0.653. The van der Waals surface area contributed by atoms with Gasteiger partial charge in [-0.25, -0.2) is 0 Å². The Balaban J connectivity index is 1.84. The molecule has 3 aromatic carbocycles. The molecule has 4 rings (SSSR count). The van der Waals surface area contributed by atoms with Gasteiger partial charge in [0, 0.05) is 46.8 Å². The van der Waals surface area contributed by atoms with Gasteiger partial charge in [-0.3, -0.25) is 9.59 Å². The van der Waals surface area contributed by atoms with E-state index < -0.39 is 5.91 Å². The van der Waals surface area contributed by atoms with E-state index in [1.165, 1.54) is 0 Å². The lowest BCUT2D eigenvalue weighted by Crippen LogP contribution is -2.20.